The van der Waals surface area contributed by atoms with Crippen molar-refractivity contribution in [3.05, 3.63) is 65.6 Å². The highest BCUT2D eigenvalue weighted by atomic mass is 19.2. The van der Waals surface area contributed by atoms with Crippen LogP contribution in [-0.4, -0.2) is 13.1 Å². The molecule has 0 fully saturated rings. The number of para-hydroxylation sites is 1. The van der Waals surface area contributed by atoms with Crippen LogP contribution in [0.3, 0.4) is 0 Å². The van der Waals surface area contributed by atoms with Crippen molar-refractivity contribution >= 4 is 17.8 Å². The second kappa shape index (κ2) is 7.35. The molecule has 0 aromatic heterocycles. The molecule has 0 aliphatic rings. The molecule has 2 N–H and O–H groups in total. The summed E-state index contributed by atoms with van der Waals surface area (Å²) in [6.07, 6.45) is 2.88. The van der Waals surface area contributed by atoms with Gasteiger partial charge in [-0.1, -0.05) is 18.2 Å². The van der Waals surface area contributed by atoms with Crippen molar-refractivity contribution in [2.75, 3.05) is 12.4 Å². The first kappa shape index (κ1) is 16.4. The topological polar surface area (TPSA) is 50.4 Å². The van der Waals surface area contributed by atoms with Gasteiger partial charge >= 0.3 is 6.03 Å². The van der Waals surface area contributed by atoms with E-state index in [1.807, 2.05) is 0 Å². The van der Waals surface area contributed by atoms with E-state index < -0.39 is 29.2 Å². The van der Waals surface area contributed by atoms with Gasteiger partial charge in [-0.15, -0.1) is 0 Å². The van der Waals surface area contributed by atoms with Crippen molar-refractivity contribution < 1.29 is 22.7 Å². The van der Waals surface area contributed by atoms with Crippen molar-refractivity contribution in [2.24, 2.45) is 0 Å². The van der Waals surface area contributed by atoms with E-state index in [4.69, 9.17) is 4.74 Å². The van der Waals surface area contributed by atoms with Gasteiger partial charge in [0.1, 0.15) is 5.75 Å². The van der Waals surface area contributed by atoms with E-state index in [1.54, 1.807) is 30.3 Å². The summed E-state index contributed by atoms with van der Waals surface area (Å²) in [5.41, 5.74) is 0.251. The Labute approximate surface area is 130 Å². The molecule has 2 rings (SSSR count). The maximum absolute atomic E-state index is 13.4. The zero-order valence-corrected chi connectivity index (χ0v) is 12.1. The van der Waals surface area contributed by atoms with E-state index in [9.17, 15) is 18.0 Å². The Balaban J connectivity index is 2.01. The lowest BCUT2D eigenvalue weighted by atomic mass is 10.2. The van der Waals surface area contributed by atoms with Gasteiger partial charge in [0.25, 0.3) is 0 Å². The number of rotatable bonds is 4. The predicted octanol–water partition coefficient (Wildman–Crippen LogP) is 3.90. The molecule has 0 bridgehead atoms. The minimum atomic E-state index is -1.65. The number of nitrogens with one attached hydrogen (secondary N) is 2. The van der Waals surface area contributed by atoms with Gasteiger partial charge in [-0.25, -0.2) is 18.0 Å². The number of carbonyl (C=O) groups is 1. The molecular formula is C16H13F3N2O2. The van der Waals surface area contributed by atoms with Crippen LogP contribution >= 0.6 is 0 Å². The second-order valence-electron chi connectivity index (χ2n) is 4.40. The van der Waals surface area contributed by atoms with Crippen LogP contribution in [0.5, 0.6) is 5.75 Å². The summed E-state index contributed by atoms with van der Waals surface area (Å²) in [5, 5.41) is 4.40. The number of anilines is 1. The summed E-state index contributed by atoms with van der Waals surface area (Å²) < 4.78 is 44.4. The lowest BCUT2D eigenvalue weighted by Crippen LogP contribution is -2.24. The highest BCUT2D eigenvalue weighted by Gasteiger charge is 2.14. The highest BCUT2D eigenvalue weighted by molar-refractivity contribution is 5.90. The molecule has 0 aliphatic heterocycles. The van der Waals surface area contributed by atoms with Crippen LogP contribution in [0.15, 0.2) is 42.6 Å². The second-order valence-corrected chi connectivity index (χ2v) is 4.40. The molecular weight excluding hydrogens is 309 g/mol. The van der Waals surface area contributed by atoms with Crippen LogP contribution in [0, 0.1) is 17.5 Å². The predicted molar refractivity (Wildman–Crippen MR) is 80.5 cm³/mol. The highest BCUT2D eigenvalue weighted by Crippen LogP contribution is 2.20. The Morgan fingerprint density at radius 3 is 2.57 bits per heavy atom. The lowest BCUT2D eigenvalue weighted by molar-refractivity contribution is 0.255. The summed E-state index contributed by atoms with van der Waals surface area (Å²) in [7, 11) is 1.51. The van der Waals surface area contributed by atoms with Gasteiger partial charge in [0, 0.05) is 11.8 Å². The van der Waals surface area contributed by atoms with E-state index >= 15 is 0 Å². The number of benzene rings is 2. The van der Waals surface area contributed by atoms with Crippen LogP contribution in [0.4, 0.5) is 23.7 Å². The number of carbonyl (C=O) groups excluding carboxylic acids is 1. The third-order valence-electron chi connectivity index (χ3n) is 2.90. The minimum absolute atomic E-state index is 0.466. The molecule has 2 aromatic carbocycles. The average Bonchev–Trinajstić information content (AvgIpc) is 2.56. The van der Waals surface area contributed by atoms with Crippen molar-refractivity contribution in [3.63, 3.8) is 0 Å². The van der Waals surface area contributed by atoms with E-state index in [1.165, 1.54) is 13.3 Å². The largest absolute Gasteiger partial charge is 0.496 e. The minimum Gasteiger partial charge on any atom is -0.496 e. The Bertz CT molecular complexity index is 748. The molecule has 0 spiro atoms. The number of urea groups is 1. The monoisotopic (exact) mass is 322 g/mol. The Morgan fingerprint density at radius 2 is 1.83 bits per heavy atom. The molecule has 0 saturated heterocycles. The van der Waals surface area contributed by atoms with E-state index in [0.717, 1.165) is 12.1 Å². The summed E-state index contributed by atoms with van der Waals surface area (Å²) in [4.78, 5) is 11.6. The SMILES string of the molecule is COc1ccccc1/C=C/NC(=O)Nc1ccc(F)c(F)c1F. The molecule has 7 heteroatoms. The van der Waals surface area contributed by atoms with Crippen LogP contribution in [0.25, 0.3) is 6.08 Å². The smallest absolute Gasteiger partial charge is 0.323 e. The van der Waals surface area contributed by atoms with Gasteiger partial charge in [0.2, 0.25) is 0 Å². The lowest BCUT2D eigenvalue weighted by Gasteiger charge is -2.07. The first-order valence-electron chi connectivity index (χ1n) is 6.53. The number of halogens is 3. The molecule has 2 aromatic rings. The van der Waals surface area contributed by atoms with E-state index in [0.29, 0.717) is 11.3 Å². The maximum atomic E-state index is 13.4. The molecule has 120 valence electrons. The fourth-order valence-electron chi connectivity index (χ4n) is 1.79. The molecule has 23 heavy (non-hydrogen) atoms. The van der Waals surface area contributed by atoms with Gasteiger partial charge in [0.05, 0.1) is 12.8 Å². The van der Waals surface area contributed by atoms with Crippen LogP contribution in [-0.2, 0) is 0 Å². The molecule has 2 amide bonds. The summed E-state index contributed by atoms with van der Waals surface area (Å²) in [5.74, 6) is -3.83. The normalized spacial score (nSPS) is 10.6. The van der Waals surface area contributed by atoms with Crippen molar-refractivity contribution in [1.82, 2.24) is 5.32 Å². The zero-order valence-electron chi connectivity index (χ0n) is 12.1. The third kappa shape index (κ3) is 4.03. The van der Waals surface area contributed by atoms with E-state index in [2.05, 4.69) is 10.6 Å². The van der Waals surface area contributed by atoms with Crippen LogP contribution in [0.2, 0.25) is 0 Å². The standard InChI is InChI=1S/C16H13F3N2O2/c1-23-13-5-3-2-4-10(13)8-9-20-16(22)21-12-7-6-11(17)14(18)15(12)19/h2-9H,1H3,(H2,20,21,22)/b9-8+. The summed E-state index contributed by atoms with van der Waals surface area (Å²) in [6.45, 7) is 0. The Hall–Kier alpha value is -2.96. The third-order valence-corrected chi connectivity index (χ3v) is 2.90. The summed E-state index contributed by atoms with van der Waals surface area (Å²) in [6, 6.07) is 7.94. The van der Waals surface area contributed by atoms with Gasteiger partial charge in [-0.05, 0) is 24.3 Å². The molecule has 4 nitrogen and oxygen atoms in total. The van der Waals surface area contributed by atoms with Crippen LogP contribution < -0.4 is 15.4 Å². The van der Waals surface area contributed by atoms with Gasteiger partial charge in [-0.2, -0.15) is 0 Å². The van der Waals surface area contributed by atoms with Gasteiger partial charge < -0.3 is 15.4 Å². The number of methoxy groups -OCH3 is 1. The fraction of sp³-hybridized carbons (Fsp3) is 0.0625. The number of ether oxygens (including phenoxy) is 1. The number of amides is 2. The number of hydrogen-bond acceptors (Lipinski definition) is 2. The van der Waals surface area contributed by atoms with Crippen molar-refractivity contribution in [3.8, 4) is 5.75 Å². The Morgan fingerprint density at radius 1 is 1.09 bits per heavy atom. The van der Waals surface area contributed by atoms with Crippen molar-refractivity contribution in [2.45, 2.75) is 0 Å². The molecule has 0 atom stereocenters. The van der Waals surface area contributed by atoms with E-state index in [-0.39, 0.29) is 0 Å². The maximum Gasteiger partial charge on any atom is 0.323 e. The Kier molecular flexibility index (Phi) is 5.24. The van der Waals surface area contributed by atoms with Crippen LogP contribution in [0.1, 0.15) is 5.56 Å². The molecule has 0 aliphatic carbocycles. The van der Waals surface area contributed by atoms with Gasteiger partial charge in [-0.3, -0.25) is 0 Å². The fourth-order valence-corrected chi connectivity index (χ4v) is 1.79. The molecule has 0 radical (unpaired) electrons. The summed E-state index contributed by atoms with van der Waals surface area (Å²) >= 11 is 0. The molecule has 0 heterocycles. The van der Waals surface area contributed by atoms with Gasteiger partial charge in [0.15, 0.2) is 17.5 Å². The first-order valence-corrected chi connectivity index (χ1v) is 6.53. The molecule has 0 saturated carbocycles. The zero-order chi connectivity index (χ0) is 16.8. The quantitative estimate of drug-likeness (QED) is 0.839. The average molecular weight is 322 g/mol. The number of hydrogen-bond donors (Lipinski definition) is 2. The van der Waals surface area contributed by atoms with Crippen molar-refractivity contribution in [1.29, 1.82) is 0 Å². The first-order chi connectivity index (χ1) is 11.0. The molecule has 0 unspecified atom stereocenters.